The molecule has 1 heterocycles. The molecule has 1 saturated heterocycles. The van der Waals surface area contributed by atoms with Crippen LogP contribution in [0.1, 0.15) is 28.3 Å². The summed E-state index contributed by atoms with van der Waals surface area (Å²) in [6, 6.07) is 20.9. The average Bonchev–Trinajstić information content (AvgIpc) is 2.75. The Morgan fingerprint density at radius 1 is 0.750 bits per heavy atom. The number of hydrogen-bond donors (Lipinski definition) is 0. The van der Waals surface area contributed by atoms with Gasteiger partial charge in [-0.05, 0) is 73.9 Å². The van der Waals surface area contributed by atoms with Gasteiger partial charge in [0.05, 0.1) is 0 Å². The monoisotopic (exact) mass is 427 g/mol. The van der Waals surface area contributed by atoms with E-state index in [1.807, 2.05) is 100 Å². The first kappa shape index (κ1) is 21.6. The Hall–Kier alpha value is -3.60. The number of benzene rings is 3. The van der Waals surface area contributed by atoms with Gasteiger partial charge in [-0.15, -0.1) is 0 Å². The molecule has 32 heavy (non-hydrogen) atoms. The fraction of sp³-hybridized carbons (Fsp3) is 0.259. The number of aryl methyl sites for hydroxylation is 3. The minimum Gasteiger partial charge on any atom is -0.378 e. The normalized spacial score (nSPS) is 16.5. The minimum absolute atomic E-state index is 0.0150. The molecule has 3 aromatic rings. The molecule has 5 heteroatoms. The lowest BCUT2D eigenvalue weighted by atomic mass is 9.98. The third-order valence-electron chi connectivity index (χ3n) is 5.88. The zero-order chi connectivity index (χ0) is 23.0. The first-order chi connectivity index (χ1) is 15.2. The molecule has 3 aromatic carbocycles. The first-order valence-electron chi connectivity index (χ1n) is 10.8. The topological polar surface area (TPSA) is 43.9 Å². The predicted octanol–water partition coefficient (Wildman–Crippen LogP) is 4.80. The fourth-order valence-electron chi connectivity index (χ4n) is 4.26. The molecule has 0 unspecified atom stereocenters. The standard InChI is InChI=1S/C27H29N3O2/c1-18-6-10-23(11-7-18)29-17-25(31)30(24-15-19(2)14-20(3)16-24)26(27(29)32)21-8-12-22(13-9-21)28(4)5/h6-16,26H,17H2,1-5H3/t26-/m0/s1. The summed E-state index contributed by atoms with van der Waals surface area (Å²) in [5, 5.41) is 0. The highest BCUT2D eigenvalue weighted by Crippen LogP contribution is 2.36. The van der Waals surface area contributed by atoms with Crippen molar-refractivity contribution in [3.63, 3.8) is 0 Å². The minimum atomic E-state index is -0.727. The van der Waals surface area contributed by atoms with Crippen molar-refractivity contribution < 1.29 is 9.59 Å². The SMILES string of the molecule is Cc1ccc(N2CC(=O)N(c3cc(C)cc(C)c3)[C@@H](c3ccc(N(C)C)cc3)C2=O)cc1. The second kappa shape index (κ2) is 8.50. The van der Waals surface area contributed by atoms with Gasteiger partial charge in [0.15, 0.2) is 0 Å². The highest BCUT2D eigenvalue weighted by atomic mass is 16.2. The summed E-state index contributed by atoms with van der Waals surface area (Å²) < 4.78 is 0. The lowest BCUT2D eigenvalue weighted by Gasteiger charge is -2.40. The fourth-order valence-corrected chi connectivity index (χ4v) is 4.26. The van der Waals surface area contributed by atoms with E-state index in [4.69, 9.17) is 0 Å². The molecule has 1 atom stereocenters. The van der Waals surface area contributed by atoms with Crippen LogP contribution in [0.3, 0.4) is 0 Å². The lowest BCUT2D eigenvalue weighted by Crippen LogP contribution is -2.56. The number of amides is 2. The van der Waals surface area contributed by atoms with Crippen molar-refractivity contribution in [2.75, 3.05) is 35.3 Å². The molecular formula is C27H29N3O2. The van der Waals surface area contributed by atoms with Gasteiger partial charge in [0.2, 0.25) is 5.91 Å². The van der Waals surface area contributed by atoms with E-state index < -0.39 is 6.04 Å². The molecule has 0 spiro atoms. The van der Waals surface area contributed by atoms with Gasteiger partial charge in [0.25, 0.3) is 5.91 Å². The maximum atomic E-state index is 13.9. The van der Waals surface area contributed by atoms with Crippen LogP contribution < -0.4 is 14.7 Å². The Morgan fingerprint density at radius 2 is 1.34 bits per heavy atom. The molecule has 164 valence electrons. The number of hydrogen-bond acceptors (Lipinski definition) is 3. The van der Waals surface area contributed by atoms with E-state index >= 15 is 0 Å². The van der Waals surface area contributed by atoms with E-state index in [-0.39, 0.29) is 18.4 Å². The van der Waals surface area contributed by atoms with Crippen LogP contribution in [0.2, 0.25) is 0 Å². The smallest absolute Gasteiger partial charge is 0.255 e. The van der Waals surface area contributed by atoms with Gasteiger partial charge in [-0.25, -0.2) is 0 Å². The Morgan fingerprint density at radius 3 is 1.91 bits per heavy atom. The van der Waals surface area contributed by atoms with Gasteiger partial charge < -0.3 is 9.80 Å². The number of piperazine rings is 1. The van der Waals surface area contributed by atoms with Gasteiger partial charge in [0, 0.05) is 31.2 Å². The third kappa shape index (κ3) is 4.11. The van der Waals surface area contributed by atoms with Gasteiger partial charge in [0.1, 0.15) is 12.6 Å². The molecule has 1 aliphatic heterocycles. The number of rotatable bonds is 4. The van der Waals surface area contributed by atoms with E-state index in [0.29, 0.717) is 0 Å². The number of nitrogens with zero attached hydrogens (tertiary/aromatic N) is 3. The molecule has 1 fully saturated rings. The van der Waals surface area contributed by atoms with Crippen molar-refractivity contribution in [3.05, 3.63) is 89.0 Å². The van der Waals surface area contributed by atoms with Crippen LogP contribution in [0.4, 0.5) is 17.1 Å². The van der Waals surface area contributed by atoms with Crippen molar-refractivity contribution in [2.45, 2.75) is 26.8 Å². The number of anilines is 3. The largest absolute Gasteiger partial charge is 0.378 e. The van der Waals surface area contributed by atoms with Crippen LogP contribution in [0.25, 0.3) is 0 Å². The lowest BCUT2D eigenvalue weighted by molar-refractivity contribution is -0.128. The van der Waals surface area contributed by atoms with Crippen LogP contribution in [0.5, 0.6) is 0 Å². The van der Waals surface area contributed by atoms with Gasteiger partial charge in [-0.3, -0.25) is 14.5 Å². The molecule has 4 rings (SSSR count). The van der Waals surface area contributed by atoms with E-state index in [1.54, 1.807) is 9.80 Å². The summed E-state index contributed by atoms with van der Waals surface area (Å²) in [4.78, 5) is 32.6. The van der Waals surface area contributed by atoms with E-state index in [9.17, 15) is 9.59 Å². The van der Waals surface area contributed by atoms with Crippen molar-refractivity contribution in [1.82, 2.24) is 0 Å². The second-order valence-corrected chi connectivity index (χ2v) is 8.76. The second-order valence-electron chi connectivity index (χ2n) is 8.76. The predicted molar refractivity (Wildman–Crippen MR) is 130 cm³/mol. The van der Waals surface area contributed by atoms with Crippen LogP contribution in [-0.2, 0) is 9.59 Å². The van der Waals surface area contributed by atoms with E-state index in [1.165, 1.54) is 0 Å². The average molecular weight is 428 g/mol. The van der Waals surface area contributed by atoms with Crippen LogP contribution >= 0.6 is 0 Å². The Bertz CT molecular complexity index is 1130. The highest BCUT2D eigenvalue weighted by molar-refractivity contribution is 6.14. The van der Waals surface area contributed by atoms with Gasteiger partial charge in [-0.1, -0.05) is 35.9 Å². The van der Waals surface area contributed by atoms with Crippen LogP contribution in [0, 0.1) is 20.8 Å². The summed E-state index contributed by atoms with van der Waals surface area (Å²) in [6.45, 7) is 6.03. The Balaban J connectivity index is 1.82. The van der Waals surface area contributed by atoms with Gasteiger partial charge >= 0.3 is 0 Å². The molecule has 0 N–H and O–H groups in total. The molecule has 1 aliphatic rings. The van der Waals surface area contributed by atoms with Crippen LogP contribution in [-0.4, -0.2) is 32.5 Å². The van der Waals surface area contributed by atoms with Crippen LogP contribution in [0.15, 0.2) is 66.7 Å². The molecular weight excluding hydrogens is 398 g/mol. The van der Waals surface area contributed by atoms with E-state index in [2.05, 4.69) is 6.07 Å². The molecule has 0 aromatic heterocycles. The van der Waals surface area contributed by atoms with Crippen molar-refractivity contribution >= 4 is 28.9 Å². The number of carbonyl (C=O) groups excluding carboxylic acids is 2. The third-order valence-corrected chi connectivity index (χ3v) is 5.88. The summed E-state index contributed by atoms with van der Waals surface area (Å²) >= 11 is 0. The quantitative estimate of drug-likeness (QED) is 0.601. The molecule has 0 aliphatic carbocycles. The van der Waals surface area contributed by atoms with Crippen molar-refractivity contribution in [2.24, 2.45) is 0 Å². The maximum Gasteiger partial charge on any atom is 0.255 e. The summed E-state index contributed by atoms with van der Waals surface area (Å²) in [5.41, 5.74) is 6.56. The molecule has 0 bridgehead atoms. The molecule has 5 nitrogen and oxygen atoms in total. The molecule has 0 saturated carbocycles. The number of carbonyl (C=O) groups is 2. The molecule has 2 amide bonds. The zero-order valence-corrected chi connectivity index (χ0v) is 19.3. The highest BCUT2D eigenvalue weighted by Gasteiger charge is 2.42. The summed E-state index contributed by atoms with van der Waals surface area (Å²) in [5.74, 6) is -0.206. The first-order valence-corrected chi connectivity index (χ1v) is 10.8. The van der Waals surface area contributed by atoms with Gasteiger partial charge in [-0.2, -0.15) is 0 Å². The molecule has 0 radical (unpaired) electrons. The zero-order valence-electron chi connectivity index (χ0n) is 19.3. The summed E-state index contributed by atoms with van der Waals surface area (Å²) in [6.07, 6.45) is 0. The van der Waals surface area contributed by atoms with E-state index in [0.717, 1.165) is 39.3 Å². The Labute approximate surface area is 189 Å². The maximum absolute atomic E-state index is 13.9. The van der Waals surface area contributed by atoms with Crippen molar-refractivity contribution in [3.8, 4) is 0 Å². The van der Waals surface area contributed by atoms with Crippen molar-refractivity contribution in [1.29, 1.82) is 0 Å². The summed E-state index contributed by atoms with van der Waals surface area (Å²) in [7, 11) is 3.95. The Kier molecular flexibility index (Phi) is 5.74.